The molecule has 0 spiro atoms. The average Bonchev–Trinajstić information content (AvgIpc) is 3.42. The van der Waals surface area contributed by atoms with Crippen molar-refractivity contribution in [1.82, 2.24) is 19.5 Å². The lowest BCUT2D eigenvalue weighted by atomic mass is 10.2. The highest BCUT2D eigenvalue weighted by Crippen LogP contribution is 2.66. The fraction of sp³-hybridized carbons (Fsp3) is 0.353. The summed E-state index contributed by atoms with van der Waals surface area (Å²) in [7, 11) is -16.7. The molecule has 3 unspecified atom stereocenters. The Bertz CT molecular complexity index is 1550. The number of nitrogens with zero attached hydrogens (tertiary/aromatic N) is 5. The zero-order chi connectivity index (χ0) is 29.3. The maximum Gasteiger partial charge on any atom is 0.490 e. The molecule has 40 heavy (non-hydrogen) atoms. The number of para-hydroxylation sites is 1. The van der Waals surface area contributed by atoms with E-state index in [4.69, 9.17) is 14.5 Å². The topological polar surface area (TPSA) is 288 Å². The molecule has 3 heterocycles. The molecule has 3 aromatic rings. The summed E-state index contributed by atoms with van der Waals surface area (Å²) in [6.45, 7) is -0.789. The Balaban J connectivity index is 1.42. The van der Waals surface area contributed by atoms with Crippen LogP contribution in [0.25, 0.3) is 11.2 Å². The van der Waals surface area contributed by atoms with E-state index >= 15 is 0 Å². The second-order valence-corrected chi connectivity index (χ2v) is 12.5. The predicted molar refractivity (Wildman–Crippen MR) is 130 cm³/mol. The van der Waals surface area contributed by atoms with E-state index in [1.165, 1.54) is 23.3 Å². The lowest BCUT2D eigenvalue weighted by Crippen LogP contribution is -2.26. The zero-order valence-electron chi connectivity index (χ0n) is 19.8. The molecule has 2 aromatic heterocycles. The summed E-state index contributed by atoms with van der Waals surface area (Å²) in [5, 5.41) is 24.6. The third-order valence-corrected chi connectivity index (χ3v) is 9.13. The van der Waals surface area contributed by atoms with E-state index in [1.807, 2.05) is 0 Å². The van der Waals surface area contributed by atoms with Gasteiger partial charge in [-0.05, 0) is 0 Å². The molecule has 1 saturated heterocycles. The minimum Gasteiger partial charge on any atom is -0.390 e. The van der Waals surface area contributed by atoms with Crippen molar-refractivity contribution >= 4 is 46.1 Å². The molecule has 4 rings (SSSR count). The number of nitro groups is 1. The number of aliphatic hydroxyl groups is 1. The largest absolute Gasteiger partial charge is 0.490 e. The first-order valence-corrected chi connectivity index (χ1v) is 15.4. The zero-order valence-corrected chi connectivity index (χ0v) is 22.5. The van der Waals surface area contributed by atoms with Crippen molar-refractivity contribution in [1.29, 1.82) is 0 Å². The second-order valence-electron chi connectivity index (χ2n) is 8.10. The Morgan fingerprint density at radius 1 is 1.10 bits per heavy atom. The van der Waals surface area contributed by atoms with Gasteiger partial charge in [0.2, 0.25) is 0 Å². The van der Waals surface area contributed by atoms with Crippen LogP contribution in [0.4, 0.5) is 11.5 Å². The summed E-state index contributed by atoms with van der Waals surface area (Å²) >= 11 is 0. The van der Waals surface area contributed by atoms with E-state index < -0.39 is 53.4 Å². The van der Waals surface area contributed by atoms with Gasteiger partial charge < -0.3 is 34.7 Å². The third-order valence-electron chi connectivity index (χ3n) is 5.33. The number of aromatic nitrogens is 4. The van der Waals surface area contributed by atoms with Gasteiger partial charge in [0.25, 0.3) is 5.69 Å². The van der Waals surface area contributed by atoms with Gasteiger partial charge >= 0.3 is 23.5 Å². The molecule has 0 amide bonds. The summed E-state index contributed by atoms with van der Waals surface area (Å²) in [5.74, 6) is 0.254. The third kappa shape index (κ3) is 7.52. The van der Waals surface area contributed by atoms with Gasteiger partial charge in [-0.15, -0.1) is 0 Å². The molecule has 1 fully saturated rings. The molecule has 23 heteroatoms. The first-order chi connectivity index (χ1) is 18.6. The van der Waals surface area contributed by atoms with Crippen molar-refractivity contribution in [3.8, 4) is 0 Å². The fourth-order valence-corrected chi connectivity index (χ4v) is 6.75. The maximum atomic E-state index is 12.0. The van der Waals surface area contributed by atoms with E-state index in [0.717, 1.165) is 0 Å². The second kappa shape index (κ2) is 11.7. The molecule has 0 saturated carbocycles. The van der Waals surface area contributed by atoms with Crippen LogP contribution >= 0.6 is 23.5 Å². The van der Waals surface area contributed by atoms with Gasteiger partial charge in [0.05, 0.1) is 24.0 Å². The van der Waals surface area contributed by atoms with Crippen LogP contribution < -0.4 is 5.32 Å². The SMILES string of the molecule is O=[N+]([O-])c1ccccc1CNc1ncnc2c1ncn2[C@H]1CC(O)[C@@H](COP(=O)(O)OP(=O)(O)OP(=O)(O)O)O1. The Hall–Kier alpha value is -2.70. The number of phosphoric acid groups is 3. The number of nitro benzene ring substituents is 1. The molecular weight excluding hydrogens is 605 g/mol. The summed E-state index contributed by atoms with van der Waals surface area (Å²) in [6, 6.07) is 6.14. The van der Waals surface area contributed by atoms with E-state index in [9.17, 15) is 38.7 Å². The monoisotopic (exact) mass is 626 g/mol. The van der Waals surface area contributed by atoms with Gasteiger partial charge in [0.15, 0.2) is 17.0 Å². The number of rotatable bonds is 12. The Kier molecular flexibility index (Phi) is 8.82. The predicted octanol–water partition coefficient (Wildman–Crippen LogP) is 1.34. The van der Waals surface area contributed by atoms with E-state index in [-0.39, 0.29) is 35.6 Å². The molecular formula is C17H21N6O14P3. The highest BCUT2D eigenvalue weighted by atomic mass is 31.3. The average molecular weight is 626 g/mol. The van der Waals surface area contributed by atoms with Crippen molar-refractivity contribution in [2.24, 2.45) is 0 Å². The van der Waals surface area contributed by atoms with Gasteiger partial charge in [-0.25, -0.2) is 28.6 Å². The molecule has 20 nitrogen and oxygen atoms in total. The van der Waals surface area contributed by atoms with Crippen molar-refractivity contribution < 1.29 is 61.2 Å². The summed E-state index contributed by atoms with van der Waals surface area (Å²) in [6.07, 6.45) is -0.970. The molecule has 5 atom stereocenters. The minimum atomic E-state index is -5.70. The Labute approximate surface area is 223 Å². The summed E-state index contributed by atoms with van der Waals surface area (Å²) < 4.78 is 53.0. The number of fused-ring (bicyclic) bond motifs is 1. The van der Waals surface area contributed by atoms with Crippen LogP contribution in [0.1, 0.15) is 18.2 Å². The first kappa shape index (κ1) is 30.3. The number of aliphatic hydroxyl groups excluding tert-OH is 1. The highest BCUT2D eigenvalue weighted by molar-refractivity contribution is 7.66. The van der Waals surface area contributed by atoms with E-state index in [0.29, 0.717) is 5.56 Å². The fourth-order valence-electron chi connectivity index (χ4n) is 3.72. The van der Waals surface area contributed by atoms with E-state index in [2.05, 4.69) is 33.4 Å². The molecule has 6 N–H and O–H groups in total. The van der Waals surface area contributed by atoms with Crippen LogP contribution in [-0.4, -0.2) is 67.9 Å². The normalized spacial score (nSPS) is 22.6. The lowest BCUT2D eigenvalue weighted by molar-refractivity contribution is -0.385. The van der Waals surface area contributed by atoms with Gasteiger partial charge in [-0.1, -0.05) is 18.2 Å². The van der Waals surface area contributed by atoms with Crippen LogP contribution in [0, 0.1) is 10.1 Å². The number of benzene rings is 1. The molecule has 218 valence electrons. The van der Waals surface area contributed by atoms with Crippen LogP contribution in [0.2, 0.25) is 0 Å². The maximum absolute atomic E-state index is 12.0. The van der Waals surface area contributed by atoms with Gasteiger partial charge in [-0.2, -0.15) is 8.62 Å². The number of hydrogen-bond donors (Lipinski definition) is 6. The molecule has 0 bridgehead atoms. The minimum absolute atomic E-state index is 0.0530. The molecule has 1 aliphatic rings. The van der Waals surface area contributed by atoms with Crippen molar-refractivity contribution in [3.05, 3.63) is 52.6 Å². The van der Waals surface area contributed by atoms with Crippen LogP contribution in [0.5, 0.6) is 0 Å². The molecule has 0 aliphatic carbocycles. The van der Waals surface area contributed by atoms with Gasteiger partial charge in [0, 0.05) is 24.6 Å². The van der Waals surface area contributed by atoms with Crippen LogP contribution in [0.3, 0.4) is 0 Å². The highest BCUT2D eigenvalue weighted by Gasteiger charge is 2.43. The molecule has 0 radical (unpaired) electrons. The molecule has 1 aromatic carbocycles. The number of anilines is 1. The van der Waals surface area contributed by atoms with Crippen LogP contribution in [-0.2, 0) is 38.1 Å². The summed E-state index contributed by atoms with van der Waals surface area (Å²) in [5.41, 5.74) is 0.850. The number of nitrogens with one attached hydrogen (secondary N) is 1. The van der Waals surface area contributed by atoms with Gasteiger partial charge in [-0.3, -0.25) is 19.2 Å². The van der Waals surface area contributed by atoms with Crippen molar-refractivity contribution in [3.63, 3.8) is 0 Å². The number of hydrogen-bond acceptors (Lipinski definition) is 14. The van der Waals surface area contributed by atoms with Crippen molar-refractivity contribution in [2.45, 2.75) is 31.4 Å². The first-order valence-electron chi connectivity index (χ1n) is 10.9. The van der Waals surface area contributed by atoms with Crippen molar-refractivity contribution in [2.75, 3.05) is 11.9 Å². The quantitative estimate of drug-likeness (QED) is 0.0939. The lowest BCUT2D eigenvalue weighted by Gasteiger charge is -2.19. The standard InChI is InChI=1S/C17H21N6O14P3/c24-12-5-14(35-13(12)7-34-39(30,31)37-40(32,33)36-38(27,28)29)22-9-21-15-16(19-8-20-17(15)22)18-6-10-3-1-2-4-11(10)23(25)26/h1-4,8-9,12-14,24H,5-7H2,(H,30,31)(H,32,33)(H,18,19,20)(H2,27,28,29)/t12?,13-,14-/m1/s1. The summed E-state index contributed by atoms with van der Waals surface area (Å²) in [4.78, 5) is 59.3. The Morgan fingerprint density at radius 2 is 1.82 bits per heavy atom. The number of imidazole rings is 1. The number of ether oxygens (including phenoxy) is 1. The van der Waals surface area contributed by atoms with Crippen LogP contribution in [0.15, 0.2) is 36.9 Å². The Morgan fingerprint density at radius 3 is 2.52 bits per heavy atom. The number of phosphoric ester groups is 1. The molecule has 1 aliphatic heterocycles. The smallest absolute Gasteiger partial charge is 0.390 e. The van der Waals surface area contributed by atoms with E-state index in [1.54, 1.807) is 18.2 Å². The van der Waals surface area contributed by atoms with Gasteiger partial charge in [0.1, 0.15) is 18.7 Å².